The number of nitrogens with zero attached hydrogens (tertiary/aromatic N) is 1. The van der Waals surface area contributed by atoms with Gasteiger partial charge in [0.05, 0.1) is 0 Å². The number of carbonyl (C=O) groups excluding carboxylic acids is 2. The smallest absolute Gasteiger partial charge is 0.223 e. The zero-order chi connectivity index (χ0) is 8.43. The Kier molecular flexibility index (Phi) is 2.27. The maximum Gasteiger partial charge on any atom is 0.223 e. The molecule has 0 spiro atoms. The quantitative estimate of drug-likeness (QED) is 0.580. The minimum Gasteiger partial charge on any atom is -0.342 e. The first-order chi connectivity index (χ1) is 5.15. The highest BCUT2D eigenvalue weighted by molar-refractivity contribution is 5.89. The summed E-state index contributed by atoms with van der Waals surface area (Å²) >= 11 is 0. The number of amides is 1. The molecule has 0 aromatic rings. The fourth-order valence-electron chi connectivity index (χ4n) is 1.35. The molecule has 62 valence electrons. The summed E-state index contributed by atoms with van der Waals surface area (Å²) in [6.45, 7) is 4.84. The third kappa shape index (κ3) is 1.59. The van der Waals surface area contributed by atoms with E-state index in [2.05, 4.69) is 0 Å². The van der Waals surface area contributed by atoms with Crippen LogP contribution in [0.1, 0.15) is 20.3 Å². The Morgan fingerprint density at radius 2 is 2.36 bits per heavy atom. The van der Waals surface area contributed by atoms with Crippen molar-refractivity contribution in [2.45, 2.75) is 20.3 Å². The van der Waals surface area contributed by atoms with Gasteiger partial charge in [-0.3, -0.25) is 9.59 Å². The van der Waals surface area contributed by atoms with Crippen LogP contribution >= 0.6 is 0 Å². The lowest BCUT2D eigenvalue weighted by Crippen LogP contribution is -2.25. The maximum absolute atomic E-state index is 11.1. The van der Waals surface area contributed by atoms with Gasteiger partial charge in [0.15, 0.2) is 0 Å². The molecular weight excluding hydrogens is 142 g/mol. The molecule has 1 amide bonds. The number of Topliss-reactive ketones (excluding diaryl/α,β-unsaturated/α-hetero) is 1. The van der Waals surface area contributed by atoms with Gasteiger partial charge in [0, 0.05) is 25.4 Å². The van der Waals surface area contributed by atoms with Crippen molar-refractivity contribution in [3.05, 3.63) is 0 Å². The fraction of sp³-hybridized carbons (Fsp3) is 0.750. The Bertz CT molecular complexity index is 189. The highest BCUT2D eigenvalue weighted by Crippen LogP contribution is 2.17. The third-order valence-corrected chi connectivity index (χ3v) is 2.17. The summed E-state index contributed by atoms with van der Waals surface area (Å²) in [5.74, 6) is 0.212. The molecule has 1 fully saturated rings. The zero-order valence-electron chi connectivity index (χ0n) is 6.96. The van der Waals surface area contributed by atoms with Crippen molar-refractivity contribution < 1.29 is 9.59 Å². The number of ketones is 1. The second-order valence-electron chi connectivity index (χ2n) is 2.94. The van der Waals surface area contributed by atoms with Crippen LogP contribution in [0, 0.1) is 5.92 Å². The second kappa shape index (κ2) is 3.03. The molecule has 0 aliphatic carbocycles. The van der Waals surface area contributed by atoms with Gasteiger partial charge in [0.1, 0.15) is 5.78 Å². The van der Waals surface area contributed by atoms with Gasteiger partial charge in [0.25, 0.3) is 0 Å². The molecule has 1 heterocycles. The van der Waals surface area contributed by atoms with Crippen molar-refractivity contribution in [2.75, 3.05) is 13.1 Å². The fourth-order valence-corrected chi connectivity index (χ4v) is 1.35. The van der Waals surface area contributed by atoms with Crippen LogP contribution in [-0.4, -0.2) is 29.7 Å². The minimum atomic E-state index is -0.0394. The topological polar surface area (TPSA) is 37.4 Å². The molecule has 1 saturated heterocycles. The van der Waals surface area contributed by atoms with E-state index in [4.69, 9.17) is 0 Å². The summed E-state index contributed by atoms with van der Waals surface area (Å²) in [5.41, 5.74) is 0. The molecule has 1 aliphatic rings. The normalized spacial score (nSPS) is 24.4. The number of carbonyl (C=O) groups is 2. The van der Waals surface area contributed by atoms with Crippen molar-refractivity contribution in [3.63, 3.8) is 0 Å². The molecule has 3 nitrogen and oxygen atoms in total. The molecule has 0 N–H and O–H groups in total. The first-order valence-corrected chi connectivity index (χ1v) is 3.93. The molecule has 3 heteroatoms. The predicted octanol–water partition coefficient (Wildman–Crippen LogP) is 0.444. The van der Waals surface area contributed by atoms with Gasteiger partial charge < -0.3 is 4.90 Å². The Hall–Kier alpha value is -0.860. The summed E-state index contributed by atoms with van der Waals surface area (Å²) in [4.78, 5) is 23.7. The molecule has 0 radical (unpaired) electrons. The van der Waals surface area contributed by atoms with Crippen LogP contribution in [0.3, 0.4) is 0 Å². The lowest BCUT2D eigenvalue weighted by atomic mass is 10.1. The van der Waals surface area contributed by atoms with E-state index in [0.29, 0.717) is 13.0 Å². The van der Waals surface area contributed by atoms with Gasteiger partial charge in [-0.15, -0.1) is 0 Å². The van der Waals surface area contributed by atoms with Crippen molar-refractivity contribution in [1.29, 1.82) is 0 Å². The van der Waals surface area contributed by atoms with E-state index in [0.717, 1.165) is 6.54 Å². The molecule has 0 saturated carbocycles. The highest BCUT2D eigenvalue weighted by Gasteiger charge is 2.30. The zero-order valence-corrected chi connectivity index (χ0v) is 6.96. The largest absolute Gasteiger partial charge is 0.342 e. The van der Waals surface area contributed by atoms with Gasteiger partial charge in [-0.2, -0.15) is 0 Å². The van der Waals surface area contributed by atoms with Crippen LogP contribution in [0.15, 0.2) is 0 Å². The van der Waals surface area contributed by atoms with Crippen LogP contribution in [-0.2, 0) is 9.59 Å². The lowest BCUT2D eigenvalue weighted by Gasteiger charge is -2.11. The summed E-state index contributed by atoms with van der Waals surface area (Å²) < 4.78 is 0. The van der Waals surface area contributed by atoms with Crippen molar-refractivity contribution in [2.24, 2.45) is 5.92 Å². The van der Waals surface area contributed by atoms with E-state index in [1.54, 1.807) is 11.8 Å². The van der Waals surface area contributed by atoms with Gasteiger partial charge in [-0.25, -0.2) is 0 Å². The summed E-state index contributed by atoms with van der Waals surface area (Å²) in [6.07, 6.45) is 0.420. The van der Waals surface area contributed by atoms with Crippen molar-refractivity contribution in [3.8, 4) is 0 Å². The standard InChI is InChI=1S/C8H13NO2/c1-3-9-5-7(6(2)10)4-8(9)11/h7H,3-5H2,1-2H3. The van der Waals surface area contributed by atoms with E-state index >= 15 is 0 Å². The molecule has 11 heavy (non-hydrogen) atoms. The van der Waals surface area contributed by atoms with Crippen molar-refractivity contribution in [1.82, 2.24) is 4.90 Å². The second-order valence-corrected chi connectivity index (χ2v) is 2.94. The molecule has 1 aliphatic heterocycles. The third-order valence-electron chi connectivity index (χ3n) is 2.17. The Morgan fingerprint density at radius 1 is 1.73 bits per heavy atom. The highest BCUT2D eigenvalue weighted by atomic mass is 16.2. The van der Waals surface area contributed by atoms with E-state index < -0.39 is 0 Å². The molecular formula is C8H13NO2. The van der Waals surface area contributed by atoms with E-state index in [-0.39, 0.29) is 17.6 Å². The van der Waals surface area contributed by atoms with E-state index in [9.17, 15) is 9.59 Å². The van der Waals surface area contributed by atoms with Crippen LogP contribution in [0.2, 0.25) is 0 Å². The van der Waals surface area contributed by atoms with Crippen LogP contribution in [0.4, 0.5) is 0 Å². The van der Waals surface area contributed by atoms with Crippen molar-refractivity contribution >= 4 is 11.7 Å². The maximum atomic E-state index is 11.1. The summed E-state index contributed by atoms with van der Waals surface area (Å²) in [6, 6.07) is 0. The van der Waals surface area contributed by atoms with Crippen LogP contribution < -0.4 is 0 Å². The lowest BCUT2D eigenvalue weighted by molar-refractivity contribution is -0.128. The van der Waals surface area contributed by atoms with E-state index in [1.165, 1.54) is 0 Å². The monoisotopic (exact) mass is 155 g/mol. The van der Waals surface area contributed by atoms with Crippen LogP contribution in [0.5, 0.6) is 0 Å². The molecule has 0 bridgehead atoms. The van der Waals surface area contributed by atoms with Crippen LogP contribution in [0.25, 0.3) is 0 Å². The average molecular weight is 155 g/mol. The molecule has 0 aromatic heterocycles. The SMILES string of the molecule is CCN1CC(C(C)=O)CC1=O. The minimum absolute atomic E-state index is 0.0394. The first-order valence-electron chi connectivity index (χ1n) is 3.93. The molecule has 1 atom stereocenters. The van der Waals surface area contributed by atoms with Gasteiger partial charge in [-0.05, 0) is 13.8 Å². The average Bonchev–Trinajstić information content (AvgIpc) is 2.31. The molecule has 0 aromatic carbocycles. The first kappa shape index (κ1) is 8.24. The molecule has 1 unspecified atom stereocenters. The number of likely N-dealkylation sites (tertiary alicyclic amines) is 1. The predicted molar refractivity (Wildman–Crippen MR) is 41.0 cm³/mol. The Labute approximate surface area is 66.4 Å². The van der Waals surface area contributed by atoms with Gasteiger partial charge in [0.2, 0.25) is 5.91 Å². The summed E-state index contributed by atoms with van der Waals surface area (Å²) in [7, 11) is 0. The van der Waals surface area contributed by atoms with E-state index in [1.807, 2.05) is 6.92 Å². The number of hydrogen-bond donors (Lipinski definition) is 0. The Morgan fingerprint density at radius 3 is 2.64 bits per heavy atom. The summed E-state index contributed by atoms with van der Waals surface area (Å²) in [5, 5.41) is 0. The number of rotatable bonds is 2. The number of hydrogen-bond acceptors (Lipinski definition) is 2. The Balaban J connectivity index is 2.56. The molecule has 1 rings (SSSR count). The van der Waals surface area contributed by atoms with Gasteiger partial charge in [-0.1, -0.05) is 0 Å². The van der Waals surface area contributed by atoms with Gasteiger partial charge >= 0.3 is 0 Å².